The number of nitrogens with zero attached hydrogens (tertiary/aromatic N) is 6. The molecule has 10 heteroatoms. The number of imidazole rings is 1. The number of urea groups is 1. The summed E-state index contributed by atoms with van der Waals surface area (Å²) in [6.07, 6.45) is 4.23. The van der Waals surface area contributed by atoms with Crippen molar-refractivity contribution in [2.24, 2.45) is 0 Å². The maximum atomic E-state index is 12.2. The fraction of sp³-hybridized carbons (Fsp3) is 0.286. The molecule has 0 unspecified atom stereocenters. The van der Waals surface area contributed by atoms with Crippen LogP contribution in [0.25, 0.3) is 16.8 Å². The molecule has 2 N–H and O–H groups in total. The van der Waals surface area contributed by atoms with Gasteiger partial charge in [0.25, 0.3) is 0 Å². The maximum absolute atomic E-state index is 12.2. The normalized spacial score (nSPS) is 11.1. The summed E-state index contributed by atoms with van der Waals surface area (Å²) in [6, 6.07) is 11.5. The zero-order valence-electron chi connectivity index (χ0n) is 17.6. The van der Waals surface area contributed by atoms with Gasteiger partial charge in [-0.3, -0.25) is 5.32 Å². The third-order valence-corrected chi connectivity index (χ3v) is 4.66. The van der Waals surface area contributed by atoms with Crippen LogP contribution in [0.15, 0.2) is 48.8 Å². The minimum absolute atomic E-state index is 0.150. The highest BCUT2D eigenvalue weighted by atomic mass is 16.5. The van der Waals surface area contributed by atoms with Crippen molar-refractivity contribution >= 4 is 17.5 Å². The van der Waals surface area contributed by atoms with E-state index in [1.807, 2.05) is 60.8 Å². The number of ether oxygens (including phenoxy) is 1. The van der Waals surface area contributed by atoms with Gasteiger partial charge in [0.2, 0.25) is 0 Å². The zero-order valence-corrected chi connectivity index (χ0v) is 17.6. The fourth-order valence-corrected chi connectivity index (χ4v) is 3.05. The van der Waals surface area contributed by atoms with E-state index in [0.29, 0.717) is 24.6 Å². The zero-order chi connectivity index (χ0) is 21.8. The van der Waals surface area contributed by atoms with Crippen molar-refractivity contribution in [2.45, 2.75) is 26.3 Å². The molecule has 0 saturated heterocycles. The second-order valence-corrected chi connectivity index (χ2v) is 7.29. The Morgan fingerprint density at radius 1 is 1.16 bits per heavy atom. The van der Waals surface area contributed by atoms with Crippen LogP contribution in [-0.4, -0.2) is 49.3 Å². The predicted molar refractivity (Wildman–Crippen MR) is 116 cm³/mol. The number of amides is 2. The number of benzene rings is 1. The predicted octanol–water partition coefficient (Wildman–Crippen LogP) is 2.94. The van der Waals surface area contributed by atoms with Gasteiger partial charge in [-0.1, -0.05) is 12.1 Å². The number of rotatable bonds is 7. The molecule has 3 heterocycles. The Bertz CT molecular complexity index is 1200. The van der Waals surface area contributed by atoms with Crippen LogP contribution in [0.3, 0.4) is 0 Å². The number of carbonyl (C=O) groups is 1. The third-order valence-electron chi connectivity index (χ3n) is 4.66. The molecule has 1 aromatic carbocycles. The highest BCUT2D eigenvalue weighted by Gasteiger charge is 2.09. The van der Waals surface area contributed by atoms with Crippen molar-refractivity contribution in [3.63, 3.8) is 0 Å². The molecule has 0 aliphatic heterocycles. The number of fused-ring (bicyclic) bond motifs is 1. The average molecular weight is 420 g/mol. The van der Waals surface area contributed by atoms with Crippen molar-refractivity contribution in [3.05, 3.63) is 54.6 Å². The van der Waals surface area contributed by atoms with E-state index in [0.717, 1.165) is 22.5 Å². The van der Waals surface area contributed by atoms with Crippen LogP contribution in [-0.2, 0) is 6.42 Å². The van der Waals surface area contributed by atoms with Crippen LogP contribution in [0.5, 0.6) is 5.75 Å². The minimum Gasteiger partial charge on any atom is -0.497 e. The third kappa shape index (κ3) is 4.80. The summed E-state index contributed by atoms with van der Waals surface area (Å²) < 4.78 is 7.17. The maximum Gasteiger partial charge on any atom is 0.320 e. The smallest absolute Gasteiger partial charge is 0.320 e. The number of hydrogen-bond acceptors (Lipinski definition) is 6. The first kappa shape index (κ1) is 20.3. The summed E-state index contributed by atoms with van der Waals surface area (Å²) in [5.74, 6) is 1.85. The lowest BCUT2D eigenvalue weighted by Gasteiger charge is -2.05. The number of aromatic nitrogens is 6. The first-order valence-corrected chi connectivity index (χ1v) is 9.98. The number of anilines is 1. The Morgan fingerprint density at radius 3 is 2.81 bits per heavy atom. The van der Waals surface area contributed by atoms with Crippen LogP contribution >= 0.6 is 0 Å². The molecule has 4 rings (SSSR count). The van der Waals surface area contributed by atoms with Crippen molar-refractivity contribution in [1.82, 2.24) is 34.9 Å². The number of hydrogen-bond donors (Lipinski definition) is 2. The van der Waals surface area contributed by atoms with Crippen LogP contribution in [0.4, 0.5) is 10.6 Å². The van der Waals surface area contributed by atoms with E-state index >= 15 is 0 Å². The van der Waals surface area contributed by atoms with E-state index in [1.165, 1.54) is 0 Å². The van der Waals surface area contributed by atoms with Crippen molar-refractivity contribution in [2.75, 3.05) is 19.0 Å². The highest BCUT2D eigenvalue weighted by molar-refractivity contribution is 5.88. The average Bonchev–Trinajstić information content (AvgIpc) is 3.40. The molecular weight excluding hydrogens is 396 g/mol. The lowest BCUT2D eigenvalue weighted by Crippen LogP contribution is -2.30. The number of methoxy groups -OCH3 is 1. The summed E-state index contributed by atoms with van der Waals surface area (Å²) in [5, 5.41) is 17.7. The number of carbonyl (C=O) groups excluding carboxylic acids is 1. The molecule has 0 aliphatic rings. The van der Waals surface area contributed by atoms with E-state index in [4.69, 9.17) is 4.74 Å². The van der Waals surface area contributed by atoms with Crippen LogP contribution in [0.2, 0.25) is 0 Å². The van der Waals surface area contributed by atoms with Crippen molar-refractivity contribution in [1.29, 1.82) is 0 Å². The van der Waals surface area contributed by atoms with Gasteiger partial charge in [-0.2, -0.15) is 4.80 Å². The van der Waals surface area contributed by atoms with Gasteiger partial charge in [0.05, 0.1) is 19.3 Å². The summed E-state index contributed by atoms with van der Waals surface area (Å²) in [5.41, 5.74) is 2.78. The molecule has 0 aliphatic carbocycles. The van der Waals surface area contributed by atoms with Crippen molar-refractivity contribution < 1.29 is 9.53 Å². The quantitative estimate of drug-likeness (QED) is 0.476. The second kappa shape index (κ2) is 8.82. The molecule has 2 amide bonds. The Labute approximate surface area is 179 Å². The Morgan fingerprint density at radius 2 is 2.03 bits per heavy atom. The molecule has 0 spiro atoms. The van der Waals surface area contributed by atoms with Gasteiger partial charge >= 0.3 is 6.03 Å². The highest BCUT2D eigenvalue weighted by Crippen LogP contribution is 2.24. The molecule has 31 heavy (non-hydrogen) atoms. The largest absolute Gasteiger partial charge is 0.497 e. The van der Waals surface area contributed by atoms with Gasteiger partial charge in [-0.15, -0.1) is 10.2 Å². The van der Waals surface area contributed by atoms with Gasteiger partial charge in [0, 0.05) is 19.2 Å². The van der Waals surface area contributed by atoms with Gasteiger partial charge in [0.1, 0.15) is 11.4 Å². The van der Waals surface area contributed by atoms with Gasteiger partial charge in [-0.05, 0) is 54.5 Å². The van der Waals surface area contributed by atoms with E-state index in [2.05, 4.69) is 31.0 Å². The van der Waals surface area contributed by atoms with Crippen LogP contribution in [0.1, 0.15) is 25.7 Å². The Balaban J connectivity index is 1.37. The number of pyridine rings is 1. The molecule has 0 fully saturated rings. The molecule has 3 aromatic heterocycles. The Kier molecular flexibility index (Phi) is 5.78. The summed E-state index contributed by atoms with van der Waals surface area (Å²) in [7, 11) is 1.65. The van der Waals surface area contributed by atoms with Crippen molar-refractivity contribution in [3.8, 4) is 16.9 Å². The van der Waals surface area contributed by atoms with E-state index in [-0.39, 0.29) is 12.1 Å². The van der Waals surface area contributed by atoms with E-state index < -0.39 is 0 Å². The first-order valence-electron chi connectivity index (χ1n) is 9.98. The lowest BCUT2D eigenvalue weighted by molar-refractivity contribution is 0.252. The van der Waals surface area contributed by atoms with E-state index in [9.17, 15) is 4.79 Å². The molecule has 0 atom stereocenters. The lowest BCUT2D eigenvalue weighted by atomic mass is 10.1. The molecule has 0 bridgehead atoms. The molecular formula is C21H24N8O2. The molecule has 10 nitrogen and oxygen atoms in total. The summed E-state index contributed by atoms with van der Waals surface area (Å²) >= 11 is 0. The fourth-order valence-electron chi connectivity index (χ4n) is 3.05. The van der Waals surface area contributed by atoms with Gasteiger partial charge in [0.15, 0.2) is 11.6 Å². The standard InChI is InChI=1S/C21H24N8O2/c1-14(2)29-26-18(25-27-29)9-10-22-21(30)24-19-13-28-12-16(7-8-20(28)23-19)15-5-4-6-17(11-15)31-3/h4-8,11-14H,9-10H2,1-3H3,(H2,22,24,30). The SMILES string of the molecule is COc1cccc(-c2ccc3nc(NC(=O)NCCc4nnn(C(C)C)n4)cn3c2)c1. The Hall–Kier alpha value is -3.95. The summed E-state index contributed by atoms with van der Waals surface area (Å²) in [6.45, 7) is 4.35. The molecule has 0 radical (unpaired) electrons. The number of nitrogens with one attached hydrogen (secondary N) is 2. The molecule has 4 aromatic rings. The number of tetrazole rings is 1. The summed E-state index contributed by atoms with van der Waals surface area (Å²) in [4.78, 5) is 18.2. The second-order valence-electron chi connectivity index (χ2n) is 7.29. The van der Waals surface area contributed by atoms with E-state index in [1.54, 1.807) is 18.1 Å². The van der Waals surface area contributed by atoms with Gasteiger partial charge in [-0.25, -0.2) is 9.78 Å². The molecule has 160 valence electrons. The monoisotopic (exact) mass is 420 g/mol. The minimum atomic E-state index is -0.340. The topological polar surface area (TPSA) is 111 Å². The van der Waals surface area contributed by atoms with Crippen LogP contribution in [0, 0.1) is 0 Å². The van der Waals surface area contributed by atoms with Crippen LogP contribution < -0.4 is 15.4 Å². The first-order chi connectivity index (χ1) is 15.0. The molecule has 0 saturated carbocycles. The van der Waals surface area contributed by atoms with Gasteiger partial charge < -0.3 is 14.5 Å².